The molecular formula is C49H75N7O10. The van der Waals surface area contributed by atoms with Crippen molar-refractivity contribution >= 4 is 47.3 Å². The van der Waals surface area contributed by atoms with Crippen molar-refractivity contribution in [1.82, 2.24) is 26.6 Å². The smallest absolute Gasteiger partial charge is 0.326 e. The highest BCUT2D eigenvalue weighted by molar-refractivity contribution is 5.95. The third-order valence-electron chi connectivity index (χ3n) is 11.1. The highest BCUT2D eigenvalue weighted by Gasteiger charge is 2.32. The summed E-state index contributed by atoms with van der Waals surface area (Å²) in [4.78, 5) is 100. The molecule has 366 valence electrons. The number of rotatable bonds is 35. The van der Waals surface area contributed by atoms with Gasteiger partial charge in [-0.3, -0.25) is 33.6 Å². The Morgan fingerprint density at radius 3 is 1.30 bits per heavy atom. The quantitative estimate of drug-likeness (QED) is 0.0453. The molecule has 0 bridgehead atoms. The zero-order valence-corrected chi connectivity index (χ0v) is 39.1. The van der Waals surface area contributed by atoms with Gasteiger partial charge in [-0.2, -0.15) is 0 Å². The predicted molar refractivity (Wildman–Crippen MR) is 251 cm³/mol. The summed E-state index contributed by atoms with van der Waals surface area (Å²) in [6.07, 6.45) is 11.6. The van der Waals surface area contributed by atoms with Crippen LogP contribution in [0.2, 0.25) is 0 Å². The standard InChI is InChI=1S/C49H75N7O10/c1-33(2)29-38(46(62)53-37(45(51)61)30-35-23-17-15-18-24-35)54-48(64)44(34(3)57)56-43(60)28-22-14-12-10-8-6-4-5-7-9-11-13-21-27-42(59)52-39(32-41(50)58)47(63)55-40(49(65)66)31-36-25-19-16-20-26-36/h15-20,23-26,33-34,37-40,44,57H,4-14,21-22,27-32H2,1-3H3,(H2,50,58)(H2,51,61)(H,52,59)(H,53,62)(H,54,64)(H,55,63)(H,56,60)(H,65,66)/t34?,37-,38-,39-,40-,44-/m0/s1. The average Bonchev–Trinajstić information content (AvgIpc) is 3.26. The van der Waals surface area contributed by atoms with Crippen LogP contribution in [-0.2, 0) is 51.2 Å². The fourth-order valence-corrected chi connectivity index (χ4v) is 7.47. The van der Waals surface area contributed by atoms with E-state index in [0.717, 1.165) is 76.2 Å². The van der Waals surface area contributed by atoms with Gasteiger partial charge in [0.1, 0.15) is 30.2 Å². The second-order valence-electron chi connectivity index (χ2n) is 17.6. The van der Waals surface area contributed by atoms with Crippen LogP contribution < -0.4 is 38.1 Å². The number of primary amides is 2. The minimum atomic E-state index is -1.27. The Hall–Kier alpha value is -5.84. The lowest BCUT2D eigenvalue weighted by atomic mass is 10.0. The van der Waals surface area contributed by atoms with E-state index in [4.69, 9.17) is 11.5 Å². The molecular weight excluding hydrogens is 847 g/mol. The Bertz CT molecular complexity index is 1810. The molecule has 6 atom stereocenters. The summed E-state index contributed by atoms with van der Waals surface area (Å²) in [6, 6.07) is 12.1. The number of carbonyl (C=O) groups is 8. The van der Waals surface area contributed by atoms with Crippen molar-refractivity contribution in [2.75, 3.05) is 0 Å². The number of aliphatic carboxylic acids is 1. The molecule has 2 aromatic rings. The lowest BCUT2D eigenvalue weighted by Gasteiger charge is -2.26. The van der Waals surface area contributed by atoms with Crippen LogP contribution in [0, 0.1) is 5.92 Å². The highest BCUT2D eigenvalue weighted by atomic mass is 16.4. The maximum Gasteiger partial charge on any atom is 0.326 e. The molecule has 7 amide bonds. The van der Waals surface area contributed by atoms with E-state index in [9.17, 15) is 48.6 Å². The summed E-state index contributed by atoms with van der Waals surface area (Å²) in [7, 11) is 0. The summed E-state index contributed by atoms with van der Waals surface area (Å²) < 4.78 is 0. The Kier molecular flexibility index (Phi) is 27.2. The highest BCUT2D eigenvalue weighted by Crippen LogP contribution is 2.15. The Morgan fingerprint density at radius 1 is 0.500 bits per heavy atom. The molecule has 2 rings (SSSR count). The van der Waals surface area contributed by atoms with Gasteiger partial charge in [0.05, 0.1) is 12.5 Å². The normalized spacial score (nSPS) is 13.8. The monoisotopic (exact) mass is 922 g/mol. The van der Waals surface area contributed by atoms with Crippen LogP contribution in [0.4, 0.5) is 0 Å². The molecule has 11 N–H and O–H groups in total. The molecule has 0 aliphatic heterocycles. The zero-order valence-electron chi connectivity index (χ0n) is 39.1. The van der Waals surface area contributed by atoms with Crippen LogP contribution in [0.5, 0.6) is 0 Å². The van der Waals surface area contributed by atoms with Gasteiger partial charge in [0.2, 0.25) is 41.4 Å². The van der Waals surface area contributed by atoms with Crippen molar-refractivity contribution in [3.63, 3.8) is 0 Å². The number of aliphatic hydroxyl groups excluding tert-OH is 1. The second kappa shape index (κ2) is 31.9. The summed E-state index contributed by atoms with van der Waals surface area (Å²) in [5.74, 6) is -5.61. The first kappa shape index (κ1) is 56.3. The number of carbonyl (C=O) groups excluding carboxylic acids is 7. The van der Waals surface area contributed by atoms with Crippen molar-refractivity contribution in [2.45, 2.75) is 179 Å². The van der Waals surface area contributed by atoms with Gasteiger partial charge in [0.15, 0.2) is 0 Å². The van der Waals surface area contributed by atoms with Crippen molar-refractivity contribution < 1.29 is 48.6 Å². The minimum Gasteiger partial charge on any atom is -0.480 e. The number of amides is 7. The first-order chi connectivity index (χ1) is 31.5. The maximum atomic E-state index is 13.3. The van der Waals surface area contributed by atoms with E-state index in [0.29, 0.717) is 18.4 Å². The van der Waals surface area contributed by atoms with Crippen molar-refractivity contribution in [3.05, 3.63) is 71.8 Å². The molecule has 0 fully saturated rings. The number of carboxylic acid groups (broad SMARTS) is 1. The number of hydrogen-bond acceptors (Lipinski definition) is 9. The van der Waals surface area contributed by atoms with Gasteiger partial charge in [0, 0.05) is 25.7 Å². The molecule has 0 aromatic heterocycles. The molecule has 17 heteroatoms. The van der Waals surface area contributed by atoms with E-state index < -0.39 is 84.1 Å². The van der Waals surface area contributed by atoms with Crippen molar-refractivity contribution in [3.8, 4) is 0 Å². The Balaban J connectivity index is 1.59. The second-order valence-corrected chi connectivity index (χ2v) is 17.6. The Labute approximate surface area is 389 Å². The van der Waals surface area contributed by atoms with E-state index in [1.54, 1.807) is 30.3 Å². The first-order valence-corrected chi connectivity index (χ1v) is 23.5. The van der Waals surface area contributed by atoms with E-state index in [1.165, 1.54) is 6.92 Å². The van der Waals surface area contributed by atoms with Crippen LogP contribution in [0.3, 0.4) is 0 Å². The Morgan fingerprint density at radius 2 is 0.894 bits per heavy atom. The third kappa shape index (κ3) is 24.4. The van der Waals surface area contributed by atoms with Crippen LogP contribution in [0.15, 0.2) is 60.7 Å². The third-order valence-corrected chi connectivity index (χ3v) is 11.1. The van der Waals surface area contributed by atoms with E-state index in [1.807, 2.05) is 44.2 Å². The molecule has 0 heterocycles. The summed E-state index contributed by atoms with van der Waals surface area (Å²) in [6.45, 7) is 5.16. The van der Waals surface area contributed by atoms with Crippen molar-refractivity contribution in [2.24, 2.45) is 17.4 Å². The SMILES string of the molecule is CC(C)C[C@H](NC(=O)[C@@H](NC(=O)CCCCCCCCCCCCCCCC(=O)N[C@@H](CC(N)=O)C(=O)N[C@@H](Cc1ccccc1)C(=O)O)C(C)O)C(=O)N[C@@H](Cc1ccccc1)C(N)=O. The number of benzene rings is 2. The molecule has 1 unspecified atom stereocenters. The summed E-state index contributed by atoms with van der Waals surface area (Å²) in [5, 5.41) is 32.9. The molecule has 17 nitrogen and oxygen atoms in total. The van der Waals surface area contributed by atoms with E-state index >= 15 is 0 Å². The molecule has 0 aliphatic carbocycles. The summed E-state index contributed by atoms with van der Waals surface area (Å²) >= 11 is 0. The molecule has 66 heavy (non-hydrogen) atoms. The predicted octanol–water partition coefficient (Wildman–Crippen LogP) is 3.62. The van der Waals surface area contributed by atoms with Gasteiger partial charge in [-0.1, -0.05) is 145 Å². The molecule has 0 spiro atoms. The van der Waals surface area contributed by atoms with Crippen LogP contribution in [0.1, 0.15) is 141 Å². The van der Waals surface area contributed by atoms with Gasteiger partial charge in [0.25, 0.3) is 0 Å². The number of aliphatic hydroxyl groups is 1. The molecule has 0 aliphatic rings. The lowest BCUT2D eigenvalue weighted by Crippen LogP contribution is -2.59. The van der Waals surface area contributed by atoms with Gasteiger partial charge in [-0.15, -0.1) is 0 Å². The largest absolute Gasteiger partial charge is 0.480 e. The van der Waals surface area contributed by atoms with Crippen LogP contribution in [-0.4, -0.2) is 93.8 Å². The van der Waals surface area contributed by atoms with Gasteiger partial charge in [-0.05, 0) is 43.2 Å². The number of nitrogens with one attached hydrogen (secondary N) is 5. The molecule has 2 aromatic carbocycles. The fraction of sp³-hybridized carbons (Fsp3) is 0.592. The number of carboxylic acids is 1. The fourth-order valence-electron chi connectivity index (χ4n) is 7.47. The van der Waals surface area contributed by atoms with Crippen molar-refractivity contribution in [1.29, 1.82) is 0 Å². The summed E-state index contributed by atoms with van der Waals surface area (Å²) in [5.41, 5.74) is 12.4. The van der Waals surface area contributed by atoms with Gasteiger partial charge in [-0.25, -0.2) is 4.79 Å². The van der Waals surface area contributed by atoms with Gasteiger partial charge < -0.3 is 48.3 Å². The zero-order chi connectivity index (χ0) is 48.9. The number of hydrogen-bond donors (Lipinski definition) is 9. The minimum absolute atomic E-state index is 0.00123. The maximum absolute atomic E-state index is 13.3. The first-order valence-electron chi connectivity index (χ1n) is 23.5. The topological polar surface area (TPSA) is 289 Å². The van der Waals surface area contributed by atoms with E-state index in [-0.39, 0.29) is 43.9 Å². The molecule has 0 radical (unpaired) electrons. The lowest BCUT2D eigenvalue weighted by molar-refractivity contribution is -0.142. The van der Waals surface area contributed by atoms with Gasteiger partial charge >= 0.3 is 5.97 Å². The molecule has 0 saturated heterocycles. The molecule has 0 saturated carbocycles. The van der Waals surface area contributed by atoms with Crippen LogP contribution in [0.25, 0.3) is 0 Å². The number of unbranched alkanes of at least 4 members (excludes halogenated alkanes) is 12. The van der Waals surface area contributed by atoms with Crippen LogP contribution >= 0.6 is 0 Å². The average molecular weight is 922 g/mol. The van der Waals surface area contributed by atoms with E-state index in [2.05, 4.69) is 26.6 Å². The number of nitrogens with two attached hydrogens (primary N) is 2.